The molecule has 0 radical (unpaired) electrons. The van der Waals surface area contributed by atoms with Crippen molar-refractivity contribution in [1.82, 2.24) is 19.7 Å². The van der Waals surface area contributed by atoms with E-state index < -0.39 is 0 Å². The molecule has 0 saturated carbocycles. The molecule has 30 heavy (non-hydrogen) atoms. The third kappa shape index (κ3) is 3.14. The van der Waals surface area contributed by atoms with Gasteiger partial charge in [0.2, 0.25) is 0 Å². The molecule has 0 fully saturated rings. The molecule has 144 valence electrons. The number of halogens is 1. The van der Waals surface area contributed by atoms with Crippen LogP contribution in [0.25, 0.3) is 39.2 Å². The van der Waals surface area contributed by atoms with Crippen molar-refractivity contribution < 1.29 is 9.18 Å². The molecule has 0 atom stereocenters. The highest BCUT2D eigenvalue weighted by Crippen LogP contribution is 2.30. The van der Waals surface area contributed by atoms with Crippen molar-refractivity contribution in [1.29, 1.82) is 0 Å². The number of aldehydes is 1. The van der Waals surface area contributed by atoms with Gasteiger partial charge < -0.3 is 0 Å². The molecule has 0 N–H and O–H groups in total. The van der Waals surface area contributed by atoms with E-state index in [4.69, 9.17) is 4.98 Å². The van der Waals surface area contributed by atoms with Crippen LogP contribution >= 0.6 is 0 Å². The summed E-state index contributed by atoms with van der Waals surface area (Å²) in [6.45, 7) is 0. The number of carbonyl (C=O) groups excluding carboxylic acids is 1. The van der Waals surface area contributed by atoms with Crippen LogP contribution in [-0.4, -0.2) is 26.0 Å². The molecule has 3 heterocycles. The maximum atomic E-state index is 13.5. The number of carbonyl (C=O) groups is 1. The van der Waals surface area contributed by atoms with Crippen LogP contribution in [0.1, 0.15) is 10.4 Å². The minimum absolute atomic E-state index is 0.315. The summed E-state index contributed by atoms with van der Waals surface area (Å²) in [6.07, 6.45) is 4.11. The van der Waals surface area contributed by atoms with Gasteiger partial charge >= 0.3 is 0 Å². The Balaban J connectivity index is 1.76. The average Bonchev–Trinajstić information content (AvgIpc) is 3.24. The van der Waals surface area contributed by atoms with Crippen molar-refractivity contribution >= 4 is 17.3 Å². The van der Waals surface area contributed by atoms with Crippen LogP contribution in [0, 0.1) is 5.82 Å². The molecule has 0 aliphatic carbocycles. The average molecular weight is 394 g/mol. The topological polar surface area (TPSA) is 60.7 Å². The number of hydrogen-bond acceptors (Lipinski definition) is 4. The fourth-order valence-electron chi connectivity index (χ4n) is 3.41. The van der Waals surface area contributed by atoms with Gasteiger partial charge in [0.15, 0.2) is 17.8 Å². The highest BCUT2D eigenvalue weighted by Gasteiger charge is 2.17. The van der Waals surface area contributed by atoms with Crippen molar-refractivity contribution in [3.05, 3.63) is 96.6 Å². The van der Waals surface area contributed by atoms with Crippen LogP contribution in [0.5, 0.6) is 0 Å². The Morgan fingerprint density at radius 2 is 1.70 bits per heavy atom. The van der Waals surface area contributed by atoms with E-state index in [2.05, 4.69) is 10.1 Å². The van der Waals surface area contributed by atoms with Gasteiger partial charge in [0.25, 0.3) is 0 Å². The van der Waals surface area contributed by atoms with Gasteiger partial charge in [-0.2, -0.15) is 5.10 Å². The van der Waals surface area contributed by atoms with Crippen molar-refractivity contribution in [2.24, 2.45) is 0 Å². The first-order valence-electron chi connectivity index (χ1n) is 9.35. The molecule has 0 unspecified atom stereocenters. The standard InChI is InChI=1S/C24H15FN4O/c25-20-10-8-16(9-11-20)21-13-18-7-4-12-26-23(18)27-24(21)29-14-19(15-30)22(28-29)17-5-2-1-3-6-17/h1-15H. The number of nitrogens with zero attached hydrogens (tertiary/aromatic N) is 4. The molecule has 0 aliphatic rings. The fraction of sp³-hybridized carbons (Fsp3) is 0. The first-order chi connectivity index (χ1) is 14.7. The Hall–Kier alpha value is -4.19. The SMILES string of the molecule is O=Cc1cn(-c2nc3ncccc3cc2-c2ccc(F)cc2)nc1-c1ccccc1. The summed E-state index contributed by atoms with van der Waals surface area (Å²) in [5.41, 5.74) is 3.96. The highest BCUT2D eigenvalue weighted by molar-refractivity contribution is 5.87. The summed E-state index contributed by atoms with van der Waals surface area (Å²) >= 11 is 0. The van der Waals surface area contributed by atoms with Crippen molar-refractivity contribution in [3.8, 4) is 28.2 Å². The summed E-state index contributed by atoms with van der Waals surface area (Å²) in [5.74, 6) is 0.197. The molecule has 5 nitrogen and oxygen atoms in total. The number of aromatic nitrogens is 4. The number of pyridine rings is 2. The third-order valence-corrected chi connectivity index (χ3v) is 4.86. The molecule has 5 aromatic rings. The molecule has 0 aliphatic heterocycles. The molecule has 3 aromatic heterocycles. The molecular formula is C24H15FN4O. The zero-order valence-electron chi connectivity index (χ0n) is 15.7. The van der Waals surface area contributed by atoms with Gasteiger partial charge in [0.1, 0.15) is 11.5 Å². The predicted octanol–water partition coefficient (Wildman–Crippen LogP) is 5.10. The monoisotopic (exact) mass is 394 g/mol. The van der Waals surface area contributed by atoms with Crippen LogP contribution in [0.15, 0.2) is 85.2 Å². The van der Waals surface area contributed by atoms with Gasteiger partial charge in [-0.3, -0.25) is 4.79 Å². The molecule has 0 amide bonds. The van der Waals surface area contributed by atoms with Gasteiger partial charge in [0.05, 0.1) is 5.56 Å². The van der Waals surface area contributed by atoms with Crippen LogP contribution in [0.3, 0.4) is 0 Å². The van der Waals surface area contributed by atoms with E-state index >= 15 is 0 Å². The van der Waals surface area contributed by atoms with Crippen molar-refractivity contribution in [3.63, 3.8) is 0 Å². The first-order valence-corrected chi connectivity index (χ1v) is 9.35. The molecule has 0 saturated heterocycles. The Kier molecular flexibility index (Phi) is 4.37. The zero-order valence-corrected chi connectivity index (χ0v) is 15.7. The lowest BCUT2D eigenvalue weighted by Gasteiger charge is -2.11. The van der Waals surface area contributed by atoms with Crippen LogP contribution in [0.2, 0.25) is 0 Å². The van der Waals surface area contributed by atoms with E-state index in [1.165, 1.54) is 12.1 Å². The zero-order chi connectivity index (χ0) is 20.5. The molecule has 2 aromatic carbocycles. The number of benzene rings is 2. The largest absolute Gasteiger partial charge is 0.298 e. The van der Waals surface area contributed by atoms with Crippen molar-refractivity contribution in [2.75, 3.05) is 0 Å². The van der Waals surface area contributed by atoms with E-state index in [9.17, 15) is 9.18 Å². The normalized spacial score (nSPS) is 11.0. The second kappa shape index (κ2) is 7.33. The smallest absolute Gasteiger partial charge is 0.163 e. The summed E-state index contributed by atoms with van der Waals surface area (Å²) in [4.78, 5) is 20.8. The quantitative estimate of drug-likeness (QED) is 0.398. The van der Waals surface area contributed by atoms with E-state index in [1.807, 2.05) is 48.5 Å². The van der Waals surface area contributed by atoms with E-state index in [0.717, 1.165) is 28.4 Å². The fourth-order valence-corrected chi connectivity index (χ4v) is 3.41. The third-order valence-electron chi connectivity index (χ3n) is 4.86. The second-order valence-corrected chi connectivity index (χ2v) is 6.78. The molecule has 5 rings (SSSR count). The molecule has 6 heteroatoms. The van der Waals surface area contributed by atoms with E-state index in [-0.39, 0.29) is 5.82 Å². The maximum Gasteiger partial charge on any atom is 0.163 e. The summed E-state index contributed by atoms with van der Waals surface area (Å²) in [5, 5.41) is 5.51. The van der Waals surface area contributed by atoms with Gasteiger partial charge in [-0.25, -0.2) is 19.0 Å². The van der Waals surface area contributed by atoms with Gasteiger partial charge in [-0.15, -0.1) is 0 Å². The predicted molar refractivity (Wildman–Crippen MR) is 113 cm³/mol. The van der Waals surface area contributed by atoms with Gasteiger partial charge in [-0.1, -0.05) is 42.5 Å². The molecular weight excluding hydrogens is 379 g/mol. The van der Waals surface area contributed by atoms with Gasteiger partial charge in [-0.05, 0) is 35.9 Å². The maximum absolute atomic E-state index is 13.5. The Bertz CT molecular complexity index is 1360. The Labute approximate surface area is 171 Å². The minimum atomic E-state index is -0.315. The summed E-state index contributed by atoms with van der Waals surface area (Å²) < 4.78 is 15.1. The van der Waals surface area contributed by atoms with Crippen LogP contribution < -0.4 is 0 Å². The lowest BCUT2D eigenvalue weighted by Crippen LogP contribution is -2.03. The lowest BCUT2D eigenvalue weighted by molar-refractivity contribution is 0.112. The number of hydrogen-bond donors (Lipinski definition) is 0. The highest BCUT2D eigenvalue weighted by atomic mass is 19.1. The Morgan fingerprint density at radius 1 is 0.900 bits per heavy atom. The van der Waals surface area contributed by atoms with Gasteiger partial charge in [0, 0.05) is 28.9 Å². The summed E-state index contributed by atoms with van der Waals surface area (Å²) in [7, 11) is 0. The number of rotatable bonds is 4. The second-order valence-electron chi connectivity index (χ2n) is 6.78. The molecule has 0 bridgehead atoms. The molecule has 0 spiro atoms. The van der Waals surface area contributed by atoms with E-state index in [1.54, 1.807) is 29.2 Å². The van der Waals surface area contributed by atoms with Crippen LogP contribution in [-0.2, 0) is 0 Å². The summed E-state index contributed by atoms with van der Waals surface area (Å²) in [6, 6.07) is 21.4. The van der Waals surface area contributed by atoms with Crippen molar-refractivity contribution in [2.45, 2.75) is 0 Å². The lowest BCUT2D eigenvalue weighted by atomic mass is 10.0. The minimum Gasteiger partial charge on any atom is -0.298 e. The van der Waals surface area contributed by atoms with Crippen LogP contribution in [0.4, 0.5) is 4.39 Å². The Morgan fingerprint density at radius 3 is 2.47 bits per heavy atom. The first kappa shape index (κ1) is 17.9. The van der Waals surface area contributed by atoms with E-state index in [0.29, 0.717) is 22.7 Å². The number of fused-ring (bicyclic) bond motifs is 1.